The van der Waals surface area contributed by atoms with Gasteiger partial charge < -0.3 is 5.32 Å². The van der Waals surface area contributed by atoms with Crippen molar-refractivity contribution in [2.24, 2.45) is 0 Å². The summed E-state index contributed by atoms with van der Waals surface area (Å²) in [5, 5.41) is 5.52. The van der Waals surface area contributed by atoms with E-state index < -0.39 is 15.7 Å². The van der Waals surface area contributed by atoms with Crippen LogP contribution in [-0.2, 0) is 16.4 Å². The Labute approximate surface area is 156 Å². The maximum atomic E-state index is 12.5. The van der Waals surface area contributed by atoms with Crippen molar-refractivity contribution in [3.63, 3.8) is 0 Å². The van der Waals surface area contributed by atoms with Crippen molar-refractivity contribution in [2.45, 2.75) is 18.4 Å². The molecule has 0 aliphatic carbocycles. The molecule has 3 aromatic rings. The number of hydrogen-bond acceptors (Lipinski definition) is 5. The highest BCUT2D eigenvalue weighted by Gasteiger charge is 2.20. The van der Waals surface area contributed by atoms with Crippen molar-refractivity contribution < 1.29 is 13.2 Å². The van der Waals surface area contributed by atoms with Crippen molar-refractivity contribution in [3.8, 4) is 10.6 Å². The first kappa shape index (κ1) is 18.3. The lowest BCUT2D eigenvalue weighted by atomic mass is 10.2. The highest BCUT2D eigenvalue weighted by Crippen LogP contribution is 2.23. The number of nitrogens with zero attached hydrogens (tertiary/aromatic N) is 1. The number of aromatic nitrogens is 1. The van der Waals surface area contributed by atoms with Crippen LogP contribution < -0.4 is 5.32 Å². The van der Waals surface area contributed by atoms with Gasteiger partial charge in [0.1, 0.15) is 5.01 Å². The van der Waals surface area contributed by atoms with Crippen LogP contribution in [0.1, 0.15) is 23.0 Å². The van der Waals surface area contributed by atoms with Gasteiger partial charge in [0.15, 0.2) is 9.84 Å². The van der Waals surface area contributed by atoms with Gasteiger partial charge in [-0.2, -0.15) is 0 Å². The molecular formula is C19H18N2O3S2. The first-order valence-electron chi connectivity index (χ1n) is 8.11. The van der Waals surface area contributed by atoms with E-state index in [0.717, 1.165) is 16.3 Å². The number of nitrogens with one attached hydrogen (secondary N) is 1. The van der Waals surface area contributed by atoms with E-state index in [1.165, 1.54) is 23.5 Å². The minimum Gasteiger partial charge on any atom is -0.346 e. The Balaban J connectivity index is 1.74. The summed E-state index contributed by atoms with van der Waals surface area (Å²) in [5.74, 6) is -0.476. The fourth-order valence-corrected chi connectivity index (χ4v) is 4.37. The molecule has 0 saturated heterocycles. The summed E-state index contributed by atoms with van der Waals surface area (Å²) < 4.78 is 24.3. The molecule has 0 spiro atoms. The summed E-state index contributed by atoms with van der Waals surface area (Å²) in [6.45, 7) is 1.80. The minimum absolute atomic E-state index is 0.0518. The van der Waals surface area contributed by atoms with Gasteiger partial charge in [-0.05, 0) is 12.1 Å². The third kappa shape index (κ3) is 4.00. The molecule has 0 saturated carbocycles. The van der Waals surface area contributed by atoms with Crippen LogP contribution in [0.3, 0.4) is 0 Å². The topological polar surface area (TPSA) is 76.1 Å². The second-order valence-electron chi connectivity index (χ2n) is 5.59. The number of carbonyl (C=O) groups excluding carboxylic acids is 1. The highest BCUT2D eigenvalue weighted by molar-refractivity contribution is 7.91. The van der Waals surface area contributed by atoms with Gasteiger partial charge in [0, 0.05) is 10.9 Å². The molecule has 134 valence electrons. The van der Waals surface area contributed by atoms with E-state index in [4.69, 9.17) is 0 Å². The second-order valence-corrected chi connectivity index (χ2v) is 8.70. The highest BCUT2D eigenvalue weighted by atomic mass is 32.2. The molecule has 0 fully saturated rings. The number of hydrogen-bond donors (Lipinski definition) is 1. The summed E-state index contributed by atoms with van der Waals surface area (Å²) in [5.41, 5.74) is 1.92. The Hall–Kier alpha value is -2.51. The van der Waals surface area contributed by atoms with Gasteiger partial charge in [-0.15, -0.1) is 11.3 Å². The molecule has 1 aromatic heterocycles. The molecule has 5 nitrogen and oxygen atoms in total. The Morgan fingerprint density at radius 3 is 2.50 bits per heavy atom. The summed E-state index contributed by atoms with van der Waals surface area (Å²) in [6, 6.07) is 16.1. The number of rotatable bonds is 6. The number of thiazole rings is 1. The van der Waals surface area contributed by atoms with Crippen LogP contribution in [0.5, 0.6) is 0 Å². The van der Waals surface area contributed by atoms with Crippen LogP contribution >= 0.6 is 11.3 Å². The number of carbonyl (C=O) groups is 1. The Morgan fingerprint density at radius 1 is 1.08 bits per heavy atom. The predicted octanol–water partition coefficient (Wildman–Crippen LogP) is 3.53. The zero-order valence-corrected chi connectivity index (χ0v) is 15.8. The Kier molecular flexibility index (Phi) is 5.49. The number of amides is 1. The van der Waals surface area contributed by atoms with E-state index in [1.54, 1.807) is 19.1 Å². The van der Waals surface area contributed by atoms with Crippen LogP contribution in [0.25, 0.3) is 10.6 Å². The van der Waals surface area contributed by atoms with Crippen molar-refractivity contribution in [3.05, 3.63) is 71.2 Å². The third-order valence-corrected chi connectivity index (χ3v) is 6.58. The first-order valence-corrected chi connectivity index (χ1v) is 10.6. The SMILES string of the molecule is CCS(=O)(=O)c1ccccc1C(=O)NCc1csc(-c2ccccc2)n1. The lowest BCUT2D eigenvalue weighted by molar-refractivity contribution is 0.0947. The van der Waals surface area contributed by atoms with E-state index in [-0.39, 0.29) is 22.8 Å². The fourth-order valence-electron chi connectivity index (χ4n) is 2.45. The molecule has 0 atom stereocenters. The molecule has 26 heavy (non-hydrogen) atoms. The van der Waals surface area contributed by atoms with E-state index in [9.17, 15) is 13.2 Å². The van der Waals surface area contributed by atoms with Gasteiger partial charge in [-0.1, -0.05) is 49.4 Å². The summed E-state index contributed by atoms with van der Waals surface area (Å²) in [4.78, 5) is 17.1. The smallest absolute Gasteiger partial charge is 0.252 e. The summed E-state index contributed by atoms with van der Waals surface area (Å²) >= 11 is 1.50. The van der Waals surface area contributed by atoms with Crippen LogP contribution in [-0.4, -0.2) is 25.1 Å². The molecule has 2 aromatic carbocycles. The Morgan fingerprint density at radius 2 is 1.77 bits per heavy atom. The lowest BCUT2D eigenvalue weighted by Crippen LogP contribution is -2.25. The van der Waals surface area contributed by atoms with E-state index in [1.807, 2.05) is 35.7 Å². The quantitative estimate of drug-likeness (QED) is 0.703. The van der Waals surface area contributed by atoms with Gasteiger partial charge in [0.05, 0.1) is 28.5 Å². The second kappa shape index (κ2) is 7.80. The summed E-state index contributed by atoms with van der Waals surface area (Å²) in [6.07, 6.45) is 0. The molecule has 0 radical (unpaired) electrons. The van der Waals surface area contributed by atoms with Gasteiger partial charge in [0.2, 0.25) is 0 Å². The standard InChI is InChI=1S/C19H18N2O3S2/c1-2-26(23,24)17-11-7-6-10-16(17)18(22)20-12-15-13-25-19(21-15)14-8-4-3-5-9-14/h3-11,13H,2,12H2,1H3,(H,20,22). The van der Waals surface area contributed by atoms with Crippen molar-refractivity contribution in [1.82, 2.24) is 10.3 Å². The van der Waals surface area contributed by atoms with Gasteiger partial charge in [-0.25, -0.2) is 13.4 Å². The molecule has 0 aliphatic heterocycles. The molecule has 3 rings (SSSR count). The fraction of sp³-hybridized carbons (Fsp3) is 0.158. The molecule has 0 bridgehead atoms. The maximum Gasteiger partial charge on any atom is 0.252 e. The lowest BCUT2D eigenvalue weighted by Gasteiger charge is -2.09. The van der Waals surface area contributed by atoms with Crippen LogP contribution in [0.15, 0.2) is 64.9 Å². The largest absolute Gasteiger partial charge is 0.346 e. The Bertz CT molecular complexity index is 1010. The summed E-state index contributed by atoms with van der Waals surface area (Å²) in [7, 11) is -3.46. The zero-order valence-electron chi connectivity index (χ0n) is 14.2. The predicted molar refractivity (Wildman–Crippen MR) is 103 cm³/mol. The molecule has 7 heteroatoms. The van der Waals surface area contributed by atoms with Gasteiger partial charge in [-0.3, -0.25) is 4.79 Å². The van der Waals surface area contributed by atoms with Crippen LogP contribution in [0.4, 0.5) is 0 Å². The third-order valence-electron chi connectivity index (χ3n) is 3.85. The van der Waals surface area contributed by atoms with Crippen LogP contribution in [0, 0.1) is 0 Å². The molecular weight excluding hydrogens is 368 g/mol. The van der Waals surface area contributed by atoms with Crippen LogP contribution in [0.2, 0.25) is 0 Å². The maximum absolute atomic E-state index is 12.5. The van der Waals surface area contributed by atoms with E-state index >= 15 is 0 Å². The molecule has 1 amide bonds. The minimum atomic E-state index is -3.46. The number of sulfone groups is 1. The van der Waals surface area contributed by atoms with Gasteiger partial charge in [0.25, 0.3) is 5.91 Å². The molecule has 0 unspecified atom stereocenters. The molecule has 0 aliphatic rings. The average molecular weight is 386 g/mol. The normalized spacial score (nSPS) is 11.3. The van der Waals surface area contributed by atoms with E-state index in [0.29, 0.717) is 0 Å². The number of benzene rings is 2. The van der Waals surface area contributed by atoms with Crippen molar-refractivity contribution in [1.29, 1.82) is 0 Å². The van der Waals surface area contributed by atoms with Crippen molar-refractivity contribution in [2.75, 3.05) is 5.75 Å². The van der Waals surface area contributed by atoms with Gasteiger partial charge >= 0.3 is 0 Å². The zero-order chi connectivity index (χ0) is 18.6. The van der Waals surface area contributed by atoms with E-state index in [2.05, 4.69) is 10.3 Å². The first-order chi connectivity index (χ1) is 12.5. The van der Waals surface area contributed by atoms with Crippen molar-refractivity contribution >= 4 is 27.1 Å². The average Bonchev–Trinajstić information content (AvgIpc) is 3.16. The molecule has 1 N–H and O–H groups in total. The molecule has 1 heterocycles. The monoisotopic (exact) mass is 386 g/mol.